The van der Waals surface area contributed by atoms with Crippen LogP contribution in [0.4, 0.5) is 0 Å². The summed E-state index contributed by atoms with van der Waals surface area (Å²) in [6.45, 7) is 22.5. The van der Waals surface area contributed by atoms with E-state index in [1.165, 1.54) is 16.4 Å². The van der Waals surface area contributed by atoms with Crippen LogP contribution < -0.4 is 5.30 Å². The fourth-order valence-electron chi connectivity index (χ4n) is 2.05. The molecule has 0 atom stereocenters. The normalized spacial score (nSPS) is 9.07. The van der Waals surface area contributed by atoms with Gasteiger partial charge in [0.2, 0.25) is 0 Å². The van der Waals surface area contributed by atoms with E-state index < -0.39 is 7.92 Å². The zero-order valence-corrected chi connectivity index (χ0v) is 16.7. The first kappa shape index (κ1) is 33.2. The first-order valence-electron chi connectivity index (χ1n) is 6.83. The standard InChI is InChI=1S/C16H13P.5CO.Cr/c1-2-8-16(9-3-1)17-12-10-14-6-4-5-7-15(14)11-13-17;5*1-2;/h1-13H;;;;;;/p+1. The van der Waals surface area contributed by atoms with Gasteiger partial charge in [-0.15, -0.1) is 0 Å². The topological polar surface area (TPSA) is 99.5 Å². The molecule has 1 heterocycles. The van der Waals surface area contributed by atoms with E-state index in [0.29, 0.717) is 0 Å². The van der Waals surface area contributed by atoms with Crippen molar-refractivity contribution in [1.82, 2.24) is 0 Å². The van der Waals surface area contributed by atoms with Gasteiger partial charge in [0.1, 0.15) is 5.30 Å². The molecule has 0 amide bonds. The molecule has 28 heavy (non-hydrogen) atoms. The first-order valence-corrected chi connectivity index (χ1v) is 8.48. The molecule has 2 aromatic carbocycles. The molecule has 2 aromatic rings. The summed E-state index contributed by atoms with van der Waals surface area (Å²) in [5.41, 5.74) is 2.64. The maximum absolute atomic E-state index is 7.50. The monoisotopic (exact) mass is 429 g/mol. The van der Waals surface area contributed by atoms with Gasteiger partial charge in [-0.25, -0.2) is 0 Å². The second-order valence-corrected chi connectivity index (χ2v) is 6.27. The summed E-state index contributed by atoms with van der Waals surface area (Å²) in [5, 5.41) is 1.44. The van der Waals surface area contributed by atoms with Crippen LogP contribution in [0.5, 0.6) is 0 Å². The molecule has 0 saturated carbocycles. The summed E-state index contributed by atoms with van der Waals surface area (Å²) in [7, 11) is -0.689. The summed E-state index contributed by atoms with van der Waals surface area (Å²) >= 11 is 0. The minimum absolute atomic E-state index is 0. The summed E-state index contributed by atoms with van der Waals surface area (Å²) in [5.74, 6) is 4.73. The largest absolute Gasteiger partial charge is 0 e. The van der Waals surface area contributed by atoms with Crippen LogP contribution in [0.1, 0.15) is 11.1 Å². The third kappa shape index (κ3) is 12.9. The Balaban J connectivity index is -0.000000230. The van der Waals surface area contributed by atoms with E-state index in [0.717, 1.165) is 0 Å². The number of benzene rings is 2. The summed E-state index contributed by atoms with van der Waals surface area (Å²) in [6, 6.07) is 19.3. The van der Waals surface area contributed by atoms with Crippen LogP contribution >= 0.6 is 7.92 Å². The first-order chi connectivity index (χ1) is 13.4. The van der Waals surface area contributed by atoms with Crippen molar-refractivity contribution >= 4 is 25.4 Å². The molecule has 5 nitrogen and oxygen atoms in total. The van der Waals surface area contributed by atoms with Gasteiger partial charge in [0.25, 0.3) is 0 Å². The molecule has 0 aliphatic carbocycles. The van der Waals surface area contributed by atoms with E-state index in [4.69, 9.17) is 23.3 Å². The number of hydrogen-bond acceptors (Lipinski definition) is 0. The van der Waals surface area contributed by atoms with Crippen molar-refractivity contribution < 1.29 is 40.6 Å². The van der Waals surface area contributed by atoms with E-state index in [2.05, 4.69) is 112 Å². The fourth-order valence-corrected chi connectivity index (χ4v) is 3.84. The zero-order chi connectivity index (χ0) is 21.5. The van der Waals surface area contributed by atoms with Gasteiger partial charge >= 0.3 is 56.5 Å². The SMILES string of the molecule is C1=C[PH+](c2ccccc2)C=Cc2ccccc21.[C-]#[O+].[C-]#[O+].[C-]#[O+].[C-]#[O+].[C-]#[O+].[Cr]. The Hall–Kier alpha value is -2.42. The smallest absolute Gasteiger partial charge is 0 e. The summed E-state index contributed by atoms with van der Waals surface area (Å²) < 4.78 is 37.5. The third-order valence-corrected chi connectivity index (χ3v) is 5.04. The van der Waals surface area contributed by atoms with Crippen molar-refractivity contribution in [2.45, 2.75) is 0 Å². The van der Waals surface area contributed by atoms with Gasteiger partial charge in [0.05, 0.1) is 19.6 Å². The van der Waals surface area contributed by atoms with Gasteiger partial charge < -0.3 is 0 Å². The molecule has 0 spiro atoms. The molecule has 0 N–H and O–H groups in total. The van der Waals surface area contributed by atoms with E-state index in [1.807, 2.05) is 0 Å². The predicted octanol–water partition coefficient (Wildman–Crippen LogP) is 3.99. The Kier molecular flexibility index (Phi) is 31.8. The molecule has 138 valence electrons. The maximum atomic E-state index is 7.50. The average molecular weight is 429 g/mol. The molecule has 1 aliphatic rings. The van der Waals surface area contributed by atoms with Crippen LogP contribution in [-0.2, 0) is 40.6 Å². The summed E-state index contributed by atoms with van der Waals surface area (Å²) in [6.07, 6.45) is 4.52. The fraction of sp³-hybridized carbons (Fsp3) is 0. The molecule has 0 fully saturated rings. The molecule has 0 saturated heterocycles. The Bertz CT molecular complexity index is 722. The Morgan fingerprint density at radius 1 is 0.500 bits per heavy atom. The molecule has 0 unspecified atom stereocenters. The average Bonchev–Trinajstić information content (AvgIpc) is 3.04. The van der Waals surface area contributed by atoms with Gasteiger partial charge in [-0.05, 0) is 35.4 Å². The number of rotatable bonds is 1. The van der Waals surface area contributed by atoms with Crippen molar-refractivity contribution in [1.29, 1.82) is 0 Å². The van der Waals surface area contributed by atoms with Crippen molar-refractivity contribution in [3.8, 4) is 0 Å². The van der Waals surface area contributed by atoms with E-state index in [9.17, 15) is 0 Å². The van der Waals surface area contributed by atoms with E-state index >= 15 is 0 Å². The van der Waals surface area contributed by atoms with Crippen LogP contribution in [0.3, 0.4) is 0 Å². The molecular formula is C21H14CrO5P+. The van der Waals surface area contributed by atoms with Crippen LogP contribution in [-0.4, -0.2) is 0 Å². The van der Waals surface area contributed by atoms with Crippen LogP contribution in [0.2, 0.25) is 0 Å². The van der Waals surface area contributed by atoms with Crippen LogP contribution in [0.15, 0.2) is 66.2 Å². The maximum Gasteiger partial charge on any atom is 0 e. The van der Waals surface area contributed by atoms with Crippen molar-refractivity contribution in [2.75, 3.05) is 0 Å². The quantitative estimate of drug-likeness (QED) is 0.372. The Morgan fingerprint density at radius 3 is 1.18 bits per heavy atom. The third-order valence-electron chi connectivity index (χ3n) is 2.99. The second kappa shape index (κ2) is 26.8. The minimum atomic E-state index is -0.689. The molecule has 1 aliphatic heterocycles. The van der Waals surface area contributed by atoms with Crippen molar-refractivity contribution in [3.05, 3.63) is 111 Å². The van der Waals surface area contributed by atoms with E-state index in [-0.39, 0.29) is 17.4 Å². The van der Waals surface area contributed by atoms with Gasteiger partial charge in [-0.1, -0.05) is 42.5 Å². The van der Waals surface area contributed by atoms with Crippen LogP contribution in [0.25, 0.3) is 12.2 Å². The molecule has 3 rings (SSSR count). The minimum Gasteiger partial charge on any atom is 0 e. The molecule has 0 bridgehead atoms. The second-order valence-electron chi connectivity index (χ2n) is 4.12. The van der Waals surface area contributed by atoms with Gasteiger partial charge in [-0.2, -0.15) is 0 Å². The molecule has 0 radical (unpaired) electrons. The predicted molar refractivity (Wildman–Crippen MR) is 98.5 cm³/mol. The number of hydrogen-bond donors (Lipinski definition) is 0. The Labute approximate surface area is 176 Å². The van der Waals surface area contributed by atoms with Crippen molar-refractivity contribution in [3.63, 3.8) is 0 Å². The van der Waals surface area contributed by atoms with Gasteiger partial charge in [0, 0.05) is 17.4 Å². The molecular weight excluding hydrogens is 415 g/mol. The van der Waals surface area contributed by atoms with Crippen LogP contribution in [0, 0.1) is 33.3 Å². The molecule has 7 heteroatoms. The zero-order valence-electron chi connectivity index (χ0n) is 14.5. The molecule has 0 aromatic heterocycles. The van der Waals surface area contributed by atoms with Gasteiger partial charge in [0.15, 0.2) is 0 Å². The van der Waals surface area contributed by atoms with Gasteiger partial charge in [-0.3, -0.25) is 0 Å². The summed E-state index contributed by atoms with van der Waals surface area (Å²) in [4.78, 5) is 0. The van der Waals surface area contributed by atoms with Crippen molar-refractivity contribution in [2.24, 2.45) is 0 Å². The van der Waals surface area contributed by atoms with E-state index in [1.54, 1.807) is 0 Å². The number of fused-ring (bicyclic) bond motifs is 1. The Morgan fingerprint density at radius 2 is 0.821 bits per heavy atom.